The molecule has 21 heavy (non-hydrogen) atoms. The van der Waals surface area contributed by atoms with Crippen LogP contribution in [0.3, 0.4) is 0 Å². The van der Waals surface area contributed by atoms with E-state index in [4.69, 9.17) is 0 Å². The number of H-pyrrole nitrogens is 2. The van der Waals surface area contributed by atoms with Crippen LogP contribution in [0, 0.1) is 0 Å². The van der Waals surface area contributed by atoms with E-state index in [1.807, 2.05) is 0 Å². The Kier molecular flexibility index (Phi) is 3.19. The number of imidazole rings is 1. The van der Waals surface area contributed by atoms with Gasteiger partial charge in [-0.2, -0.15) is 0 Å². The molecule has 6 nitrogen and oxygen atoms in total. The van der Waals surface area contributed by atoms with Crippen LogP contribution in [0.4, 0.5) is 5.69 Å². The van der Waals surface area contributed by atoms with Gasteiger partial charge in [-0.3, -0.25) is 9.59 Å². The maximum absolute atomic E-state index is 12.1. The number of ketones is 1. The van der Waals surface area contributed by atoms with Crippen molar-refractivity contribution >= 4 is 39.7 Å². The summed E-state index contributed by atoms with van der Waals surface area (Å²) in [6.07, 6.45) is 0. The number of carbonyl (C=O) groups is 2. The minimum Gasteiger partial charge on any atom is -0.321 e. The highest BCUT2D eigenvalue weighted by Crippen LogP contribution is 2.20. The van der Waals surface area contributed by atoms with Crippen molar-refractivity contribution in [1.82, 2.24) is 9.97 Å². The SMILES string of the molecule is CC(=O)c1ccc(C(=O)Nc2ccc3[nH]c(=O)[nH]c3c2)s1. The van der Waals surface area contributed by atoms with Crippen LogP contribution in [-0.2, 0) is 0 Å². The molecule has 7 heteroatoms. The van der Waals surface area contributed by atoms with Gasteiger partial charge >= 0.3 is 5.69 Å². The van der Waals surface area contributed by atoms with Crippen molar-refractivity contribution in [1.29, 1.82) is 0 Å². The number of Topliss-reactive ketones (excluding diaryl/α,β-unsaturated/α-hetero) is 1. The summed E-state index contributed by atoms with van der Waals surface area (Å²) in [5.74, 6) is -0.352. The third-order valence-corrected chi connectivity index (χ3v) is 4.14. The topological polar surface area (TPSA) is 94.8 Å². The lowest BCUT2D eigenvalue weighted by atomic mass is 10.2. The summed E-state index contributed by atoms with van der Waals surface area (Å²) in [7, 11) is 0. The minimum absolute atomic E-state index is 0.0645. The highest BCUT2D eigenvalue weighted by molar-refractivity contribution is 7.16. The first-order valence-electron chi connectivity index (χ1n) is 6.17. The summed E-state index contributed by atoms with van der Waals surface area (Å²) in [4.78, 5) is 40.8. The van der Waals surface area contributed by atoms with Crippen molar-refractivity contribution in [3.63, 3.8) is 0 Å². The van der Waals surface area contributed by atoms with Crippen LogP contribution in [0.5, 0.6) is 0 Å². The molecule has 0 aliphatic carbocycles. The van der Waals surface area contributed by atoms with E-state index in [1.165, 1.54) is 6.92 Å². The number of anilines is 1. The van der Waals surface area contributed by atoms with Crippen molar-refractivity contribution < 1.29 is 9.59 Å². The lowest BCUT2D eigenvalue weighted by Crippen LogP contribution is -2.09. The van der Waals surface area contributed by atoms with Crippen molar-refractivity contribution in [2.24, 2.45) is 0 Å². The molecule has 0 fully saturated rings. The molecule has 0 aliphatic heterocycles. The van der Waals surface area contributed by atoms with Gasteiger partial charge in [0.1, 0.15) is 0 Å². The summed E-state index contributed by atoms with van der Waals surface area (Å²) in [5.41, 5.74) is 1.57. The number of aromatic amines is 2. The van der Waals surface area contributed by atoms with E-state index in [1.54, 1.807) is 30.3 Å². The fourth-order valence-corrected chi connectivity index (χ4v) is 2.75. The smallest absolute Gasteiger partial charge is 0.321 e. The Morgan fingerprint density at radius 3 is 2.48 bits per heavy atom. The number of nitrogens with one attached hydrogen (secondary N) is 3. The molecule has 0 unspecified atom stereocenters. The van der Waals surface area contributed by atoms with Crippen LogP contribution in [0.1, 0.15) is 26.3 Å². The van der Waals surface area contributed by atoms with Gasteiger partial charge in [0, 0.05) is 5.69 Å². The molecular weight excluding hydrogens is 290 g/mol. The minimum atomic E-state index is -0.294. The van der Waals surface area contributed by atoms with E-state index in [2.05, 4.69) is 15.3 Å². The molecule has 1 aromatic carbocycles. The van der Waals surface area contributed by atoms with Gasteiger partial charge in [0.2, 0.25) is 0 Å². The molecule has 3 rings (SSSR count). The second-order valence-electron chi connectivity index (χ2n) is 4.51. The third-order valence-electron chi connectivity index (χ3n) is 2.95. The second-order valence-corrected chi connectivity index (χ2v) is 5.60. The number of fused-ring (bicyclic) bond motifs is 1. The molecule has 3 N–H and O–H groups in total. The summed E-state index contributed by atoms with van der Waals surface area (Å²) in [6, 6.07) is 8.33. The fourth-order valence-electron chi connectivity index (χ4n) is 1.95. The second kappa shape index (κ2) is 5.02. The van der Waals surface area contributed by atoms with Gasteiger partial charge in [0.05, 0.1) is 20.8 Å². The molecule has 0 spiro atoms. The number of thiophene rings is 1. The molecule has 0 aliphatic rings. The first kappa shape index (κ1) is 13.3. The van der Waals surface area contributed by atoms with Crippen molar-refractivity contribution in [3.8, 4) is 0 Å². The number of benzene rings is 1. The van der Waals surface area contributed by atoms with Crippen LogP contribution in [-0.4, -0.2) is 21.7 Å². The van der Waals surface area contributed by atoms with Gasteiger partial charge < -0.3 is 15.3 Å². The molecular formula is C14H11N3O3S. The predicted octanol–water partition coefficient (Wildman–Crippen LogP) is 2.37. The van der Waals surface area contributed by atoms with E-state index in [-0.39, 0.29) is 17.4 Å². The normalized spacial score (nSPS) is 10.7. The van der Waals surface area contributed by atoms with Gasteiger partial charge in [-0.15, -0.1) is 11.3 Å². The maximum Gasteiger partial charge on any atom is 0.323 e. The van der Waals surface area contributed by atoms with E-state index >= 15 is 0 Å². The van der Waals surface area contributed by atoms with E-state index in [0.717, 1.165) is 11.3 Å². The molecule has 0 bridgehead atoms. The summed E-state index contributed by atoms with van der Waals surface area (Å²) < 4.78 is 0. The van der Waals surface area contributed by atoms with Gasteiger partial charge in [-0.1, -0.05) is 0 Å². The summed E-state index contributed by atoms with van der Waals surface area (Å²) in [5, 5.41) is 2.74. The Morgan fingerprint density at radius 2 is 1.76 bits per heavy atom. The third kappa shape index (κ3) is 2.63. The zero-order valence-electron chi connectivity index (χ0n) is 11.0. The molecule has 3 aromatic rings. The Hall–Kier alpha value is -2.67. The number of hydrogen-bond donors (Lipinski definition) is 3. The largest absolute Gasteiger partial charge is 0.323 e. The molecule has 0 atom stereocenters. The highest BCUT2D eigenvalue weighted by Gasteiger charge is 2.12. The van der Waals surface area contributed by atoms with E-state index in [0.29, 0.717) is 26.5 Å². The van der Waals surface area contributed by atoms with Crippen LogP contribution < -0.4 is 11.0 Å². The monoisotopic (exact) mass is 301 g/mol. The Balaban J connectivity index is 1.84. The highest BCUT2D eigenvalue weighted by atomic mass is 32.1. The van der Waals surface area contributed by atoms with Crippen molar-refractivity contribution in [2.75, 3.05) is 5.32 Å². The average molecular weight is 301 g/mol. The Morgan fingerprint density at radius 1 is 1.05 bits per heavy atom. The van der Waals surface area contributed by atoms with E-state index in [9.17, 15) is 14.4 Å². The number of hydrogen-bond acceptors (Lipinski definition) is 4. The molecule has 2 heterocycles. The van der Waals surface area contributed by atoms with Crippen LogP contribution in [0.2, 0.25) is 0 Å². The lowest BCUT2D eigenvalue weighted by Gasteiger charge is -2.03. The summed E-state index contributed by atoms with van der Waals surface area (Å²) >= 11 is 1.15. The predicted molar refractivity (Wildman–Crippen MR) is 81.2 cm³/mol. The maximum atomic E-state index is 12.1. The number of amides is 1. The molecule has 0 saturated heterocycles. The quantitative estimate of drug-likeness (QED) is 0.648. The zero-order valence-corrected chi connectivity index (χ0v) is 11.8. The first-order chi connectivity index (χ1) is 10.0. The van der Waals surface area contributed by atoms with Crippen molar-refractivity contribution in [3.05, 3.63) is 50.6 Å². The lowest BCUT2D eigenvalue weighted by molar-refractivity contribution is 0.101. The zero-order chi connectivity index (χ0) is 15.0. The molecule has 106 valence electrons. The molecule has 0 saturated carbocycles. The van der Waals surface area contributed by atoms with Crippen LogP contribution in [0.25, 0.3) is 11.0 Å². The van der Waals surface area contributed by atoms with Crippen molar-refractivity contribution in [2.45, 2.75) is 6.92 Å². The number of rotatable bonds is 3. The van der Waals surface area contributed by atoms with Crippen LogP contribution >= 0.6 is 11.3 Å². The van der Waals surface area contributed by atoms with Gasteiger partial charge in [-0.05, 0) is 37.3 Å². The Bertz CT molecular complexity index is 903. The Labute approximate surface area is 122 Å². The standard InChI is InChI=1S/C14H11N3O3S/c1-7(18)11-4-5-12(21-11)13(19)15-8-2-3-9-10(6-8)17-14(20)16-9/h2-6H,1H3,(H,15,19)(H2,16,17,20). The molecule has 1 amide bonds. The van der Waals surface area contributed by atoms with Crippen LogP contribution in [0.15, 0.2) is 35.1 Å². The van der Waals surface area contributed by atoms with Gasteiger partial charge in [0.25, 0.3) is 5.91 Å². The van der Waals surface area contributed by atoms with E-state index < -0.39 is 0 Å². The number of carbonyl (C=O) groups excluding carboxylic acids is 2. The molecule has 0 radical (unpaired) electrons. The first-order valence-corrected chi connectivity index (χ1v) is 6.99. The van der Waals surface area contributed by atoms with Gasteiger partial charge in [-0.25, -0.2) is 4.79 Å². The molecule has 2 aromatic heterocycles. The average Bonchev–Trinajstić information content (AvgIpc) is 3.03. The van der Waals surface area contributed by atoms with Gasteiger partial charge in [0.15, 0.2) is 5.78 Å². The summed E-state index contributed by atoms with van der Waals surface area (Å²) in [6.45, 7) is 1.46. The number of aromatic nitrogens is 2. The fraction of sp³-hybridized carbons (Fsp3) is 0.0714.